The third-order valence-corrected chi connectivity index (χ3v) is 3.88. The van der Waals surface area contributed by atoms with E-state index in [0.717, 1.165) is 25.2 Å². The molecule has 2 N–H and O–H groups in total. The molecule has 0 aliphatic rings. The molecule has 0 fully saturated rings. The van der Waals surface area contributed by atoms with Gasteiger partial charge in [-0.15, -0.1) is 0 Å². The van der Waals surface area contributed by atoms with Gasteiger partial charge in [-0.2, -0.15) is 0 Å². The maximum atomic E-state index is 9.59. The summed E-state index contributed by atoms with van der Waals surface area (Å²) in [4.78, 5) is 0. The quantitative estimate of drug-likeness (QED) is 0.609. The third kappa shape index (κ3) is 6.96. The highest BCUT2D eigenvalue weighted by atomic mass is 16.5. The Morgan fingerprint density at radius 3 is 2.33 bits per heavy atom. The van der Waals surface area contributed by atoms with E-state index < -0.39 is 6.10 Å². The number of hydrogen-bond acceptors (Lipinski definition) is 3. The molecule has 3 nitrogen and oxygen atoms in total. The van der Waals surface area contributed by atoms with Crippen molar-refractivity contribution in [2.24, 2.45) is 0 Å². The molecule has 0 aromatic heterocycles. The van der Waals surface area contributed by atoms with E-state index >= 15 is 0 Å². The first-order valence-corrected chi connectivity index (χ1v) is 8.22. The first kappa shape index (κ1) is 18.0. The van der Waals surface area contributed by atoms with Gasteiger partial charge in [-0.05, 0) is 42.9 Å². The van der Waals surface area contributed by atoms with Gasteiger partial charge in [-0.3, -0.25) is 0 Å². The van der Waals surface area contributed by atoms with E-state index in [-0.39, 0.29) is 12.5 Å². The van der Waals surface area contributed by atoms with Crippen LogP contribution in [0.1, 0.15) is 63.9 Å². The van der Waals surface area contributed by atoms with E-state index in [1.54, 1.807) is 0 Å². The maximum Gasteiger partial charge on any atom is 0.119 e. The van der Waals surface area contributed by atoms with Crippen LogP contribution in [-0.4, -0.2) is 29.5 Å². The van der Waals surface area contributed by atoms with Gasteiger partial charge in [0.1, 0.15) is 5.75 Å². The molecule has 0 bridgehead atoms. The predicted molar refractivity (Wildman–Crippen MR) is 86.8 cm³/mol. The largest absolute Gasteiger partial charge is 0.494 e. The summed E-state index contributed by atoms with van der Waals surface area (Å²) in [5.41, 5.74) is 1.20. The Bertz CT molecular complexity index is 361. The lowest BCUT2D eigenvalue weighted by Crippen LogP contribution is -2.16. The van der Waals surface area contributed by atoms with Gasteiger partial charge in [0.25, 0.3) is 0 Å². The lowest BCUT2D eigenvalue weighted by molar-refractivity contribution is 0.0817. The van der Waals surface area contributed by atoms with Gasteiger partial charge in [0.2, 0.25) is 0 Å². The Balaban J connectivity index is 2.44. The van der Waals surface area contributed by atoms with Crippen molar-refractivity contribution in [1.82, 2.24) is 0 Å². The highest BCUT2D eigenvalue weighted by Gasteiger charge is 2.14. The van der Waals surface area contributed by atoms with Gasteiger partial charge in [-0.25, -0.2) is 0 Å². The summed E-state index contributed by atoms with van der Waals surface area (Å²) in [5.74, 6) is 1.19. The molecule has 1 aromatic rings. The summed E-state index contributed by atoms with van der Waals surface area (Å²) in [7, 11) is 0. The number of ether oxygens (including phenoxy) is 1. The minimum absolute atomic E-state index is 0.171. The van der Waals surface area contributed by atoms with Crippen LogP contribution in [0.15, 0.2) is 24.3 Å². The molecule has 0 spiro atoms. The maximum absolute atomic E-state index is 9.59. The molecule has 1 rings (SSSR count). The molecule has 1 aromatic carbocycles. The average molecular weight is 294 g/mol. The van der Waals surface area contributed by atoms with Crippen molar-refractivity contribution in [1.29, 1.82) is 0 Å². The second-order valence-electron chi connectivity index (χ2n) is 5.66. The van der Waals surface area contributed by atoms with Crippen molar-refractivity contribution in [3.8, 4) is 5.75 Å². The molecule has 2 unspecified atom stereocenters. The molecular formula is C18H30O3. The number of aliphatic hydroxyl groups is 2. The van der Waals surface area contributed by atoms with Crippen LogP contribution in [0, 0.1) is 0 Å². The standard InChI is InChI=1S/C18H30O3/c1-3-5-6-7-12-21-18-10-8-16(9-11-18)15(4-2)13-17(20)14-19/h8-11,15,17,19-20H,3-7,12-14H2,1-2H3. The Kier molecular flexibility index (Phi) is 9.11. The Morgan fingerprint density at radius 1 is 1.05 bits per heavy atom. The van der Waals surface area contributed by atoms with Gasteiger partial charge >= 0.3 is 0 Å². The summed E-state index contributed by atoms with van der Waals surface area (Å²) < 4.78 is 5.73. The number of rotatable bonds is 11. The van der Waals surface area contributed by atoms with Crippen molar-refractivity contribution in [3.63, 3.8) is 0 Å². The smallest absolute Gasteiger partial charge is 0.119 e. The second kappa shape index (κ2) is 10.6. The van der Waals surface area contributed by atoms with Crippen molar-refractivity contribution >= 4 is 0 Å². The SMILES string of the molecule is CCCCCCOc1ccc(C(CC)CC(O)CO)cc1. The van der Waals surface area contributed by atoms with Gasteiger partial charge in [0.15, 0.2) is 0 Å². The number of hydrogen-bond donors (Lipinski definition) is 2. The fourth-order valence-corrected chi connectivity index (χ4v) is 2.50. The van der Waals surface area contributed by atoms with Gasteiger partial charge < -0.3 is 14.9 Å². The highest BCUT2D eigenvalue weighted by Crippen LogP contribution is 2.26. The molecule has 0 saturated carbocycles. The molecule has 0 aliphatic heterocycles. The fraction of sp³-hybridized carbons (Fsp3) is 0.667. The van der Waals surface area contributed by atoms with E-state index in [1.165, 1.54) is 24.8 Å². The topological polar surface area (TPSA) is 49.7 Å². The van der Waals surface area contributed by atoms with Crippen LogP contribution in [0.4, 0.5) is 0 Å². The van der Waals surface area contributed by atoms with Crippen LogP contribution in [-0.2, 0) is 0 Å². The molecule has 0 radical (unpaired) electrons. The number of aliphatic hydroxyl groups excluding tert-OH is 2. The van der Waals surface area contributed by atoms with E-state index in [0.29, 0.717) is 6.42 Å². The molecular weight excluding hydrogens is 264 g/mol. The zero-order chi connectivity index (χ0) is 15.5. The van der Waals surface area contributed by atoms with E-state index in [4.69, 9.17) is 9.84 Å². The zero-order valence-electron chi connectivity index (χ0n) is 13.4. The Morgan fingerprint density at radius 2 is 1.76 bits per heavy atom. The second-order valence-corrected chi connectivity index (χ2v) is 5.66. The molecule has 3 heteroatoms. The van der Waals surface area contributed by atoms with E-state index in [1.807, 2.05) is 12.1 Å². The molecule has 0 aliphatic carbocycles. The van der Waals surface area contributed by atoms with Crippen molar-refractivity contribution < 1.29 is 14.9 Å². The van der Waals surface area contributed by atoms with Crippen LogP contribution in [0.3, 0.4) is 0 Å². The van der Waals surface area contributed by atoms with Crippen LogP contribution in [0.5, 0.6) is 5.75 Å². The summed E-state index contributed by atoms with van der Waals surface area (Å²) in [6, 6.07) is 8.14. The van der Waals surface area contributed by atoms with Gasteiger partial charge in [0, 0.05) is 0 Å². The molecule has 2 atom stereocenters. The van der Waals surface area contributed by atoms with E-state index in [2.05, 4.69) is 26.0 Å². The number of benzene rings is 1. The molecule has 120 valence electrons. The monoisotopic (exact) mass is 294 g/mol. The molecule has 21 heavy (non-hydrogen) atoms. The first-order chi connectivity index (χ1) is 10.2. The minimum Gasteiger partial charge on any atom is -0.494 e. The van der Waals surface area contributed by atoms with Crippen LogP contribution >= 0.6 is 0 Å². The fourth-order valence-electron chi connectivity index (χ4n) is 2.50. The lowest BCUT2D eigenvalue weighted by atomic mass is 9.91. The van der Waals surface area contributed by atoms with Crippen molar-refractivity contribution in [3.05, 3.63) is 29.8 Å². The molecule has 0 amide bonds. The normalized spacial score (nSPS) is 13.9. The predicted octanol–water partition coefficient (Wildman–Crippen LogP) is 3.88. The summed E-state index contributed by atoms with van der Waals surface area (Å²) in [6.45, 7) is 4.92. The van der Waals surface area contributed by atoms with Gasteiger partial charge in [-0.1, -0.05) is 45.2 Å². The van der Waals surface area contributed by atoms with Crippen LogP contribution in [0.2, 0.25) is 0 Å². The molecule has 0 saturated heterocycles. The number of unbranched alkanes of at least 4 members (excludes halogenated alkanes) is 3. The van der Waals surface area contributed by atoms with Crippen LogP contribution < -0.4 is 4.74 Å². The first-order valence-electron chi connectivity index (χ1n) is 8.22. The zero-order valence-corrected chi connectivity index (χ0v) is 13.4. The van der Waals surface area contributed by atoms with Crippen LogP contribution in [0.25, 0.3) is 0 Å². The van der Waals surface area contributed by atoms with Crippen molar-refractivity contribution in [2.75, 3.05) is 13.2 Å². The highest BCUT2D eigenvalue weighted by molar-refractivity contribution is 5.29. The Labute approximate surface area is 129 Å². The summed E-state index contributed by atoms with van der Waals surface area (Å²) in [6.07, 6.45) is 5.77. The molecule has 0 heterocycles. The van der Waals surface area contributed by atoms with Crippen molar-refractivity contribution in [2.45, 2.75) is 64.4 Å². The lowest BCUT2D eigenvalue weighted by Gasteiger charge is -2.18. The third-order valence-electron chi connectivity index (χ3n) is 3.88. The minimum atomic E-state index is -0.635. The summed E-state index contributed by atoms with van der Waals surface area (Å²) in [5, 5.41) is 18.5. The van der Waals surface area contributed by atoms with E-state index in [9.17, 15) is 5.11 Å². The Hall–Kier alpha value is -1.06. The summed E-state index contributed by atoms with van der Waals surface area (Å²) >= 11 is 0. The van der Waals surface area contributed by atoms with Gasteiger partial charge in [0.05, 0.1) is 19.3 Å². The average Bonchev–Trinajstić information content (AvgIpc) is 2.53.